The summed E-state index contributed by atoms with van der Waals surface area (Å²) in [6.07, 6.45) is 4.94. The monoisotopic (exact) mass is 168 g/mol. The Morgan fingerprint density at radius 1 is 1.75 bits per heavy atom. The standard InChI is InChI=1S/C9H12O3/c1-7-4-3-5-9(2,6-7)12-8(10)11/h3-5H,6H2,1-2H3,(H,10,11). The SMILES string of the molecule is CC1=CC=CC(C)(OC(=O)O)C1. The molecule has 1 N–H and O–H groups in total. The van der Waals surface area contributed by atoms with Gasteiger partial charge in [0, 0.05) is 6.42 Å². The maximum Gasteiger partial charge on any atom is 0.506 e. The van der Waals surface area contributed by atoms with Crippen molar-refractivity contribution in [3.63, 3.8) is 0 Å². The van der Waals surface area contributed by atoms with Crippen LogP contribution in [-0.4, -0.2) is 16.9 Å². The smallest absolute Gasteiger partial charge is 0.450 e. The first kappa shape index (κ1) is 8.84. The van der Waals surface area contributed by atoms with Crippen molar-refractivity contribution in [3.05, 3.63) is 23.8 Å². The lowest BCUT2D eigenvalue weighted by Gasteiger charge is -2.26. The second kappa shape index (κ2) is 3.01. The van der Waals surface area contributed by atoms with Crippen molar-refractivity contribution in [1.82, 2.24) is 0 Å². The first-order chi connectivity index (χ1) is 5.52. The molecule has 0 aliphatic heterocycles. The lowest BCUT2D eigenvalue weighted by molar-refractivity contribution is 0.0204. The van der Waals surface area contributed by atoms with Crippen LogP contribution in [0.3, 0.4) is 0 Å². The summed E-state index contributed by atoms with van der Waals surface area (Å²) in [5, 5.41) is 8.44. The second-order valence-electron chi connectivity index (χ2n) is 3.23. The van der Waals surface area contributed by atoms with Gasteiger partial charge in [0.2, 0.25) is 0 Å². The van der Waals surface area contributed by atoms with Crippen molar-refractivity contribution in [3.8, 4) is 0 Å². The summed E-state index contributed by atoms with van der Waals surface area (Å²) in [4.78, 5) is 10.3. The number of ether oxygens (including phenoxy) is 1. The third-order valence-corrected chi connectivity index (χ3v) is 1.78. The average molecular weight is 168 g/mol. The topological polar surface area (TPSA) is 46.5 Å². The van der Waals surface area contributed by atoms with E-state index in [1.54, 1.807) is 13.0 Å². The van der Waals surface area contributed by atoms with E-state index in [4.69, 9.17) is 9.84 Å². The van der Waals surface area contributed by atoms with Crippen LogP contribution in [0.4, 0.5) is 4.79 Å². The molecule has 0 spiro atoms. The maximum absolute atomic E-state index is 10.3. The molecule has 3 nitrogen and oxygen atoms in total. The van der Waals surface area contributed by atoms with Crippen LogP contribution in [0.25, 0.3) is 0 Å². The van der Waals surface area contributed by atoms with Crippen molar-refractivity contribution in [2.24, 2.45) is 0 Å². The van der Waals surface area contributed by atoms with Gasteiger partial charge < -0.3 is 9.84 Å². The number of rotatable bonds is 1. The highest BCUT2D eigenvalue weighted by Crippen LogP contribution is 2.25. The van der Waals surface area contributed by atoms with Crippen LogP contribution in [0.2, 0.25) is 0 Å². The molecule has 66 valence electrons. The lowest BCUT2D eigenvalue weighted by atomic mass is 9.92. The van der Waals surface area contributed by atoms with Gasteiger partial charge in [-0.1, -0.05) is 17.7 Å². The fourth-order valence-electron chi connectivity index (χ4n) is 1.36. The fraction of sp³-hybridized carbons (Fsp3) is 0.444. The van der Waals surface area contributed by atoms with E-state index in [0.29, 0.717) is 6.42 Å². The minimum Gasteiger partial charge on any atom is -0.450 e. The molecule has 1 aliphatic carbocycles. The van der Waals surface area contributed by atoms with Gasteiger partial charge in [-0.05, 0) is 19.9 Å². The van der Waals surface area contributed by atoms with Crippen molar-refractivity contribution in [2.75, 3.05) is 0 Å². The van der Waals surface area contributed by atoms with Crippen molar-refractivity contribution in [1.29, 1.82) is 0 Å². The average Bonchev–Trinajstić information content (AvgIpc) is 1.82. The van der Waals surface area contributed by atoms with Gasteiger partial charge in [0.1, 0.15) is 5.60 Å². The lowest BCUT2D eigenvalue weighted by Crippen LogP contribution is -2.30. The van der Waals surface area contributed by atoms with Crippen LogP contribution < -0.4 is 0 Å². The van der Waals surface area contributed by atoms with Gasteiger partial charge in [-0.15, -0.1) is 0 Å². The van der Waals surface area contributed by atoms with Crippen LogP contribution in [-0.2, 0) is 4.74 Å². The molecule has 1 aliphatic rings. The van der Waals surface area contributed by atoms with Gasteiger partial charge in [0.25, 0.3) is 0 Å². The van der Waals surface area contributed by atoms with Crippen molar-refractivity contribution in [2.45, 2.75) is 25.9 Å². The number of hydrogen-bond acceptors (Lipinski definition) is 2. The summed E-state index contributed by atoms with van der Waals surface area (Å²) in [6, 6.07) is 0. The Morgan fingerprint density at radius 2 is 2.42 bits per heavy atom. The molecule has 3 heteroatoms. The van der Waals surface area contributed by atoms with Gasteiger partial charge in [-0.3, -0.25) is 0 Å². The Kier molecular flexibility index (Phi) is 2.22. The zero-order valence-electron chi connectivity index (χ0n) is 7.20. The van der Waals surface area contributed by atoms with Gasteiger partial charge >= 0.3 is 6.16 Å². The van der Waals surface area contributed by atoms with E-state index in [0.717, 1.165) is 5.57 Å². The minimum atomic E-state index is -1.23. The predicted molar refractivity (Wildman–Crippen MR) is 45.0 cm³/mol. The van der Waals surface area contributed by atoms with Crippen molar-refractivity contribution < 1.29 is 14.6 Å². The Labute approximate surface area is 71.3 Å². The summed E-state index contributed by atoms with van der Waals surface area (Å²) in [6.45, 7) is 3.71. The van der Waals surface area contributed by atoms with Gasteiger partial charge in [-0.25, -0.2) is 4.79 Å². The van der Waals surface area contributed by atoms with E-state index in [9.17, 15) is 4.79 Å². The minimum absolute atomic E-state index is 0.635. The van der Waals surface area contributed by atoms with E-state index in [1.807, 2.05) is 19.1 Å². The molecule has 0 heterocycles. The highest BCUT2D eigenvalue weighted by atomic mass is 16.7. The molecule has 0 saturated heterocycles. The van der Waals surface area contributed by atoms with Crippen LogP contribution in [0.1, 0.15) is 20.3 Å². The molecule has 0 aromatic rings. The summed E-state index contributed by atoms with van der Waals surface area (Å²) in [5.41, 5.74) is 0.450. The summed E-state index contributed by atoms with van der Waals surface area (Å²) < 4.78 is 4.74. The number of carboxylic acid groups (broad SMARTS) is 1. The summed E-state index contributed by atoms with van der Waals surface area (Å²) >= 11 is 0. The molecule has 1 unspecified atom stereocenters. The number of hydrogen-bond donors (Lipinski definition) is 1. The van der Waals surface area contributed by atoms with Gasteiger partial charge in [0.05, 0.1) is 0 Å². The third-order valence-electron chi connectivity index (χ3n) is 1.78. The first-order valence-corrected chi connectivity index (χ1v) is 3.79. The van der Waals surface area contributed by atoms with Gasteiger partial charge in [-0.2, -0.15) is 0 Å². The molecule has 0 bridgehead atoms. The molecular weight excluding hydrogens is 156 g/mol. The fourth-order valence-corrected chi connectivity index (χ4v) is 1.36. The molecule has 0 radical (unpaired) electrons. The molecule has 1 atom stereocenters. The maximum atomic E-state index is 10.3. The van der Waals surface area contributed by atoms with Gasteiger partial charge in [0.15, 0.2) is 0 Å². The largest absolute Gasteiger partial charge is 0.506 e. The zero-order valence-corrected chi connectivity index (χ0v) is 7.20. The zero-order chi connectivity index (χ0) is 9.19. The predicted octanol–water partition coefficient (Wildman–Crippen LogP) is 2.35. The first-order valence-electron chi connectivity index (χ1n) is 3.79. The Balaban J connectivity index is 2.69. The van der Waals surface area contributed by atoms with Crippen LogP contribution in [0.15, 0.2) is 23.8 Å². The van der Waals surface area contributed by atoms with Crippen molar-refractivity contribution >= 4 is 6.16 Å². The van der Waals surface area contributed by atoms with E-state index >= 15 is 0 Å². The molecule has 0 aromatic heterocycles. The van der Waals surface area contributed by atoms with Crippen LogP contribution >= 0.6 is 0 Å². The normalized spacial score (nSPS) is 28.0. The Hall–Kier alpha value is -1.25. The Morgan fingerprint density at radius 3 is 2.92 bits per heavy atom. The van der Waals surface area contributed by atoms with E-state index in [2.05, 4.69) is 0 Å². The number of allylic oxidation sites excluding steroid dienone is 2. The molecule has 12 heavy (non-hydrogen) atoms. The third kappa shape index (κ3) is 2.12. The molecular formula is C9H12O3. The molecule has 0 fully saturated rings. The van der Waals surface area contributed by atoms with Crippen LogP contribution in [0, 0.1) is 0 Å². The quantitative estimate of drug-likeness (QED) is 0.611. The highest BCUT2D eigenvalue weighted by Gasteiger charge is 2.27. The van der Waals surface area contributed by atoms with E-state index < -0.39 is 11.8 Å². The molecule has 0 aromatic carbocycles. The molecule has 1 rings (SSSR count). The van der Waals surface area contributed by atoms with Crippen LogP contribution in [0.5, 0.6) is 0 Å². The van der Waals surface area contributed by atoms with E-state index in [1.165, 1.54) is 0 Å². The second-order valence-corrected chi connectivity index (χ2v) is 3.23. The summed E-state index contributed by atoms with van der Waals surface area (Å²) in [7, 11) is 0. The highest BCUT2D eigenvalue weighted by molar-refractivity contribution is 5.58. The summed E-state index contributed by atoms with van der Waals surface area (Å²) in [5.74, 6) is 0. The molecule has 0 amide bonds. The molecule has 0 saturated carbocycles. The Bertz CT molecular complexity index is 248. The van der Waals surface area contributed by atoms with E-state index in [-0.39, 0.29) is 0 Å². The number of carbonyl (C=O) groups is 1.